The summed E-state index contributed by atoms with van der Waals surface area (Å²) < 4.78 is 0. The second kappa shape index (κ2) is 5.64. The van der Waals surface area contributed by atoms with E-state index in [0.29, 0.717) is 6.42 Å². The molecule has 0 aliphatic rings. The molecule has 0 bridgehead atoms. The quantitative estimate of drug-likeness (QED) is 0.829. The van der Waals surface area contributed by atoms with Crippen LogP contribution in [0.3, 0.4) is 0 Å². The van der Waals surface area contributed by atoms with Gasteiger partial charge in [0.25, 0.3) is 0 Å². The van der Waals surface area contributed by atoms with Gasteiger partial charge in [0.1, 0.15) is 0 Å². The van der Waals surface area contributed by atoms with Gasteiger partial charge in [-0.3, -0.25) is 5.10 Å². The van der Waals surface area contributed by atoms with Crippen molar-refractivity contribution in [1.29, 1.82) is 0 Å². The van der Waals surface area contributed by atoms with Gasteiger partial charge in [-0.25, -0.2) is 0 Å². The van der Waals surface area contributed by atoms with Gasteiger partial charge in [-0.2, -0.15) is 5.10 Å². The Morgan fingerprint density at radius 1 is 1.29 bits per heavy atom. The molecule has 0 spiro atoms. The molecule has 0 aliphatic carbocycles. The van der Waals surface area contributed by atoms with Crippen molar-refractivity contribution in [3.8, 4) is 0 Å². The van der Waals surface area contributed by atoms with Crippen molar-refractivity contribution in [1.82, 2.24) is 10.2 Å². The van der Waals surface area contributed by atoms with Gasteiger partial charge in [0, 0.05) is 18.2 Å². The summed E-state index contributed by atoms with van der Waals surface area (Å²) >= 11 is 0. The molecule has 1 unspecified atom stereocenters. The smallest absolute Gasteiger partial charge is 0.0700 e. The average molecular weight is 230 g/mol. The first-order valence-electron chi connectivity index (χ1n) is 6.05. The first kappa shape index (κ1) is 11.9. The van der Waals surface area contributed by atoms with Crippen LogP contribution >= 0.6 is 0 Å². The molecule has 0 saturated heterocycles. The van der Waals surface area contributed by atoms with Crippen molar-refractivity contribution in [3.63, 3.8) is 0 Å². The molecule has 0 amide bonds. The van der Waals surface area contributed by atoms with Crippen molar-refractivity contribution in [2.75, 3.05) is 6.61 Å². The Morgan fingerprint density at radius 3 is 2.65 bits per heavy atom. The number of nitrogens with one attached hydrogen (secondary N) is 1. The lowest BCUT2D eigenvalue weighted by atomic mass is 9.92. The third-order valence-corrected chi connectivity index (χ3v) is 3.01. The van der Waals surface area contributed by atoms with Crippen LogP contribution in [0.1, 0.15) is 36.2 Å². The number of aromatic nitrogens is 2. The first-order chi connectivity index (χ1) is 8.35. The minimum absolute atomic E-state index is 0.174. The number of hydrogen-bond donors (Lipinski definition) is 2. The van der Waals surface area contributed by atoms with Crippen LogP contribution in [-0.2, 0) is 6.42 Å². The fourth-order valence-electron chi connectivity index (χ4n) is 2.04. The number of hydrogen-bond acceptors (Lipinski definition) is 2. The van der Waals surface area contributed by atoms with Crippen LogP contribution < -0.4 is 0 Å². The maximum Gasteiger partial charge on any atom is 0.0700 e. The molecule has 2 rings (SSSR count). The van der Waals surface area contributed by atoms with Crippen LogP contribution in [0.15, 0.2) is 36.4 Å². The highest BCUT2D eigenvalue weighted by atomic mass is 16.3. The molecule has 1 aromatic heterocycles. The zero-order valence-electron chi connectivity index (χ0n) is 10.1. The molecular formula is C14H18N2O. The largest absolute Gasteiger partial charge is 0.396 e. The van der Waals surface area contributed by atoms with E-state index in [4.69, 9.17) is 0 Å². The maximum atomic E-state index is 9.19. The second-order valence-corrected chi connectivity index (χ2v) is 4.15. The molecule has 1 heterocycles. The Kier molecular flexibility index (Phi) is 3.94. The summed E-state index contributed by atoms with van der Waals surface area (Å²) in [6.45, 7) is 2.27. The Bertz CT molecular complexity index is 450. The lowest BCUT2D eigenvalue weighted by molar-refractivity contribution is 0.281. The SMILES string of the molecule is CCc1cc(C(CCO)c2ccccc2)n[nH]1. The number of rotatable bonds is 5. The van der Waals surface area contributed by atoms with Crippen molar-refractivity contribution < 1.29 is 5.11 Å². The number of nitrogens with zero attached hydrogens (tertiary/aromatic N) is 1. The van der Waals surface area contributed by atoms with E-state index in [1.165, 1.54) is 5.56 Å². The molecule has 90 valence electrons. The molecular weight excluding hydrogens is 212 g/mol. The summed E-state index contributed by atoms with van der Waals surface area (Å²) in [6.07, 6.45) is 1.66. The summed E-state index contributed by atoms with van der Waals surface area (Å²) in [5.41, 5.74) is 3.36. The molecule has 0 radical (unpaired) electrons. The van der Waals surface area contributed by atoms with E-state index < -0.39 is 0 Å². The molecule has 3 nitrogen and oxygen atoms in total. The van der Waals surface area contributed by atoms with Gasteiger partial charge >= 0.3 is 0 Å². The number of aryl methyl sites for hydroxylation is 1. The molecule has 1 aromatic carbocycles. The highest BCUT2D eigenvalue weighted by Crippen LogP contribution is 2.26. The molecule has 0 fully saturated rings. The normalized spacial score (nSPS) is 12.6. The minimum atomic E-state index is 0.174. The van der Waals surface area contributed by atoms with E-state index >= 15 is 0 Å². The van der Waals surface area contributed by atoms with E-state index in [9.17, 15) is 5.11 Å². The lowest BCUT2D eigenvalue weighted by Gasteiger charge is -2.13. The summed E-state index contributed by atoms with van der Waals surface area (Å²) in [5, 5.41) is 16.6. The van der Waals surface area contributed by atoms with Crippen molar-refractivity contribution in [2.24, 2.45) is 0 Å². The molecule has 2 aromatic rings. The van der Waals surface area contributed by atoms with Gasteiger partial charge in [-0.15, -0.1) is 0 Å². The first-order valence-corrected chi connectivity index (χ1v) is 6.05. The Labute approximate surface area is 102 Å². The summed E-state index contributed by atoms with van der Waals surface area (Å²) in [4.78, 5) is 0. The minimum Gasteiger partial charge on any atom is -0.396 e. The Hall–Kier alpha value is -1.61. The van der Waals surface area contributed by atoms with Crippen LogP contribution in [0.25, 0.3) is 0 Å². The van der Waals surface area contributed by atoms with E-state index in [0.717, 1.165) is 17.8 Å². The molecule has 3 heteroatoms. The zero-order valence-corrected chi connectivity index (χ0v) is 10.1. The fraction of sp³-hybridized carbons (Fsp3) is 0.357. The Morgan fingerprint density at radius 2 is 2.06 bits per heavy atom. The van der Waals surface area contributed by atoms with Gasteiger partial charge in [0.2, 0.25) is 0 Å². The number of benzene rings is 1. The zero-order chi connectivity index (χ0) is 12.1. The average Bonchev–Trinajstić information content (AvgIpc) is 2.85. The highest BCUT2D eigenvalue weighted by Gasteiger charge is 2.16. The molecule has 0 aliphatic heterocycles. The van der Waals surface area contributed by atoms with E-state index in [2.05, 4.69) is 35.3 Å². The van der Waals surface area contributed by atoms with Crippen LogP contribution in [0.2, 0.25) is 0 Å². The predicted octanol–water partition coefficient (Wildman–Crippen LogP) is 2.49. The van der Waals surface area contributed by atoms with E-state index in [1.54, 1.807) is 0 Å². The summed E-state index contributed by atoms with van der Waals surface area (Å²) in [7, 11) is 0. The van der Waals surface area contributed by atoms with Gasteiger partial charge in [0.05, 0.1) is 5.69 Å². The molecule has 17 heavy (non-hydrogen) atoms. The number of aliphatic hydroxyl groups is 1. The van der Waals surface area contributed by atoms with Gasteiger partial charge in [-0.1, -0.05) is 37.3 Å². The van der Waals surface area contributed by atoms with Crippen LogP contribution in [0.5, 0.6) is 0 Å². The maximum absolute atomic E-state index is 9.19. The van der Waals surface area contributed by atoms with Crippen molar-refractivity contribution in [3.05, 3.63) is 53.3 Å². The van der Waals surface area contributed by atoms with E-state index in [-0.39, 0.29) is 12.5 Å². The summed E-state index contributed by atoms with van der Waals surface area (Å²) in [5.74, 6) is 0.178. The Balaban J connectivity index is 2.28. The third-order valence-electron chi connectivity index (χ3n) is 3.01. The van der Waals surface area contributed by atoms with Crippen molar-refractivity contribution in [2.45, 2.75) is 25.7 Å². The lowest BCUT2D eigenvalue weighted by Crippen LogP contribution is -2.04. The standard InChI is InChI=1S/C14H18N2O/c1-2-12-10-14(16-15-12)13(8-9-17)11-6-4-3-5-7-11/h3-7,10,13,17H,2,8-9H2,1H3,(H,15,16). The number of aliphatic hydroxyl groups excluding tert-OH is 1. The number of H-pyrrole nitrogens is 1. The van der Waals surface area contributed by atoms with Crippen molar-refractivity contribution >= 4 is 0 Å². The number of aromatic amines is 1. The van der Waals surface area contributed by atoms with Crippen LogP contribution in [0, 0.1) is 0 Å². The summed E-state index contributed by atoms with van der Waals surface area (Å²) in [6, 6.07) is 12.3. The highest BCUT2D eigenvalue weighted by molar-refractivity contribution is 5.29. The van der Waals surface area contributed by atoms with Gasteiger partial charge < -0.3 is 5.11 Å². The van der Waals surface area contributed by atoms with E-state index in [1.807, 2.05) is 18.2 Å². The predicted molar refractivity (Wildman–Crippen MR) is 68.0 cm³/mol. The van der Waals surface area contributed by atoms with Crippen LogP contribution in [0.4, 0.5) is 0 Å². The monoisotopic (exact) mass is 230 g/mol. The molecule has 2 N–H and O–H groups in total. The molecule has 1 atom stereocenters. The van der Waals surface area contributed by atoms with Gasteiger partial charge in [0.15, 0.2) is 0 Å². The molecule has 0 saturated carbocycles. The topological polar surface area (TPSA) is 48.9 Å². The van der Waals surface area contributed by atoms with Gasteiger partial charge in [-0.05, 0) is 24.5 Å². The third kappa shape index (κ3) is 2.74. The fourth-order valence-corrected chi connectivity index (χ4v) is 2.04. The van der Waals surface area contributed by atoms with Crippen LogP contribution in [-0.4, -0.2) is 21.9 Å². The second-order valence-electron chi connectivity index (χ2n) is 4.15.